The number of nitrogens with zero attached hydrogens (tertiary/aromatic N) is 2. The lowest BCUT2D eigenvalue weighted by atomic mass is 10.0. The maximum absolute atomic E-state index is 11.7. The fourth-order valence-electron chi connectivity index (χ4n) is 1.98. The average Bonchev–Trinajstić information content (AvgIpc) is 2.62. The Morgan fingerprint density at radius 3 is 3.00 bits per heavy atom. The molecule has 0 fully saturated rings. The highest BCUT2D eigenvalue weighted by Crippen LogP contribution is 2.36. The van der Waals surface area contributed by atoms with Crippen LogP contribution >= 0.6 is 0 Å². The Balaban J connectivity index is 2.54. The van der Waals surface area contributed by atoms with E-state index in [0.717, 1.165) is 16.5 Å². The maximum atomic E-state index is 11.7. The molecule has 0 spiro atoms. The van der Waals surface area contributed by atoms with Crippen LogP contribution in [0.3, 0.4) is 0 Å². The number of H-pyrrole nitrogens is 1. The van der Waals surface area contributed by atoms with E-state index in [1.165, 1.54) is 0 Å². The summed E-state index contributed by atoms with van der Waals surface area (Å²) in [5.74, 6) is 0. The Bertz CT molecular complexity index is 627. The van der Waals surface area contributed by atoms with Gasteiger partial charge in [0.1, 0.15) is 0 Å². The van der Waals surface area contributed by atoms with Crippen LogP contribution in [0.5, 0.6) is 0 Å². The highest BCUT2D eigenvalue weighted by molar-refractivity contribution is 5.86. The molecule has 2 aromatic rings. The summed E-state index contributed by atoms with van der Waals surface area (Å²) in [5, 5.41) is 8.96. The van der Waals surface area contributed by atoms with Crippen LogP contribution in [0.1, 0.15) is 18.5 Å². The van der Waals surface area contributed by atoms with Gasteiger partial charge in [0.15, 0.2) is 5.69 Å². The van der Waals surface area contributed by atoms with Gasteiger partial charge in [0.05, 0.1) is 6.04 Å². The van der Waals surface area contributed by atoms with Crippen molar-refractivity contribution in [3.63, 3.8) is 0 Å². The van der Waals surface area contributed by atoms with E-state index in [-0.39, 0.29) is 11.6 Å². The standard InChI is InChI=1S/C11H9N3O/c1-6-9-7-4-2-3-5-8(7)12-11(15)10(9)14-13-6/h2-6H,1H3,(H,12,15). The molecule has 74 valence electrons. The summed E-state index contributed by atoms with van der Waals surface area (Å²) in [7, 11) is 0. The molecule has 1 aliphatic rings. The molecule has 15 heavy (non-hydrogen) atoms. The third-order valence-corrected chi connectivity index (χ3v) is 2.68. The average molecular weight is 199 g/mol. The number of azo groups is 1. The molecular weight excluding hydrogens is 190 g/mol. The van der Waals surface area contributed by atoms with Crippen LogP contribution in [0.15, 0.2) is 39.3 Å². The van der Waals surface area contributed by atoms with Crippen molar-refractivity contribution in [1.29, 1.82) is 0 Å². The second kappa shape index (κ2) is 2.76. The maximum Gasteiger partial charge on any atom is 0.276 e. The van der Waals surface area contributed by atoms with Crippen LogP contribution in [0.25, 0.3) is 10.9 Å². The molecule has 1 atom stereocenters. The van der Waals surface area contributed by atoms with Crippen molar-refractivity contribution in [3.8, 4) is 0 Å². The zero-order chi connectivity index (χ0) is 10.4. The van der Waals surface area contributed by atoms with Gasteiger partial charge in [-0.15, -0.1) is 5.11 Å². The monoisotopic (exact) mass is 199 g/mol. The number of para-hydroxylation sites is 1. The number of benzene rings is 1. The van der Waals surface area contributed by atoms with Gasteiger partial charge in [-0.1, -0.05) is 18.2 Å². The number of rotatable bonds is 0. The van der Waals surface area contributed by atoms with Gasteiger partial charge in [-0.3, -0.25) is 4.79 Å². The molecule has 0 saturated heterocycles. The van der Waals surface area contributed by atoms with Gasteiger partial charge >= 0.3 is 0 Å². The summed E-state index contributed by atoms with van der Waals surface area (Å²) in [6.07, 6.45) is 0. The van der Waals surface area contributed by atoms with Gasteiger partial charge in [0, 0.05) is 16.5 Å². The third-order valence-electron chi connectivity index (χ3n) is 2.68. The predicted molar refractivity (Wildman–Crippen MR) is 57.5 cm³/mol. The molecular formula is C11H9N3O. The quantitative estimate of drug-likeness (QED) is 0.696. The number of hydrogen-bond acceptors (Lipinski definition) is 3. The van der Waals surface area contributed by atoms with E-state index in [2.05, 4.69) is 15.2 Å². The van der Waals surface area contributed by atoms with Crippen molar-refractivity contribution in [1.82, 2.24) is 4.98 Å². The predicted octanol–water partition coefficient (Wildman–Crippen LogP) is 2.69. The number of fused-ring (bicyclic) bond motifs is 3. The second-order valence-corrected chi connectivity index (χ2v) is 3.65. The molecule has 1 N–H and O–H groups in total. The van der Waals surface area contributed by atoms with Crippen molar-refractivity contribution in [3.05, 3.63) is 40.2 Å². The molecule has 0 aliphatic carbocycles. The summed E-state index contributed by atoms with van der Waals surface area (Å²) in [6, 6.07) is 7.70. The molecule has 4 nitrogen and oxygen atoms in total. The molecule has 0 bridgehead atoms. The number of pyridine rings is 1. The van der Waals surface area contributed by atoms with E-state index in [1.54, 1.807) is 0 Å². The lowest BCUT2D eigenvalue weighted by Gasteiger charge is -2.05. The fraction of sp³-hybridized carbons (Fsp3) is 0.182. The van der Waals surface area contributed by atoms with Gasteiger partial charge in [0.25, 0.3) is 5.56 Å². The number of nitrogens with one attached hydrogen (secondary N) is 1. The minimum absolute atomic E-state index is 0.0211. The van der Waals surface area contributed by atoms with Crippen LogP contribution in [-0.4, -0.2) is 4.98 Å². The van der Waals surface area contributed by atoms with Crippen LogP contribution in [0.2, 0.25) is 0 Å². The topological polar surface area (TPSA) is 57.6 Å². The molecule has 0 amide bonds. The lowest BCUT2D eigenvalue weighted by molar-refractivity contribution is 0.817. The summed E-state index contributed by atoms with van der Waals surface area (Å²) in [5.41, 5.74) is 2.09. The highest BCUT2D eigenvalue weighted by atomic mass is 16.1. The van der Waals surface area contributed by atoms with Crippen molar-refractivity contribution < 1.29 is 0 Å². The van der Waals surface area contributed by atoms with E-state index in [4.69, 9.17) is 0 Å². The van der Waals surface area contributed by atoms with E-state index in [1.807, 2.05) is 31.2 Å². The normalized spacial score (nSPS) is 18.3. The summed E-state index contributed by atoms with van der Waals surface area (Å²) >= 11 is 0. The van der Waals surface area contributed by atoms with Crippen LogP contribution in [0.4, 0.5) is 5.69 Å². The van der Waals surface area contributed by atoms with Gasteiger partial charge < -0.3 is 4.98 Å². The van der Waals surface area contributed by atoms with E-state index < -0.39 is 0 Å². The summed E-state index contributed by atoms with van der Waals surface area (Å²) < 4.78 is 0. The number of aromatic amines is 1. The second-order valence-electron chi connectivity index (χ2n) is 3.65. The molecule has 0 radical (unpaired) electrons. The third kappa shape index (κ3) is 1.05. The Morgan fingerprint density at radius 2 is 2.13 bits per heavy atom. The first kappa shape index (κ1) is 8.35. The first-order valence-corrected chi connectivity index (χ1v) is 4.83. The van der Waals surface area contributed by atoms with E-state index >= 15 is 0 Å². The molecule has 4 heteroatoms. The van der Waals surface area contributed by atoms with Crippen LogP contribution < -0.4 is 5.56 Å². The van der Waals surface area contributed by atoms with Crippen molar-refractivity contribution in [2.45, 2.75) is 13.0 Å². The minimum Gasteiger partial charge on any atom is -0.320 e. The molecule has 1 aromatic carbocycles. The Morgan fingerprint density at radius 1 is 1.33 bits per heavy atom. The van der Waals surface area contributed by atoms with Gasteiger partial charge in [-0.05, 0) is 13.0 Å². The van der Waals surface area contributed by atoms with Crippen molar-refractivity contribution >= 4 is 16.6 Å². The van der Waals surface area contributed by atoms with Crippen molar-refractivity contribution in [2.75, 3.05) is 0 Å². The molecule has 2 heterocycles. The first-order chi connectivity index (χ1) is 7.27. The molecule has 1 unspecified atom stereocenters. The zero-order valence-corrected chi connectivity index (χ0v) is 8.19. The SMILES string of the molecule is CC1N=Nc2c1c1ccccc1[nH]c2=O. The first-order valence-electron chi connectivity index (χ1n) is 4.83. The molecule has 1 aromatic heterocycles. The Kier molecular flexibility index (Phi) is 1.54. The zero-order valence-electron chi connectivity index (χ0n) is 8.19. The largest absolute Gasteiger partial charge is 0.320 e. The van der Waals surface area contributed by atoms with Gasteiger partial charge in [-0.2, -0.15) is 5.11 Å². The highest BCUT2D eigenvalue weighted by Gasteiger charge is 2.22. The van der Waals surface area contributed by atoms with Gasteiger partial charge in [0.2, 0.25) is 0 Å². The minimum atomic E-state index is -0.156. The molecule has 0 saturated carbocycles. The van der Waals surface area contributed by atoms with Crippen LogP contribution in [-0.2, 0) is 0 Å². The van der Waals surface area contributed by atoms with E-state index in [9.17, 15) is 4.79 Å². The van der Waals surface area contributed by atoms with Crippen molar-refractivity contribution in [2.24, 2.45) is 10.2 Å². The number of hydrogen-bond donors (Lipinski definition) is 1. The fourth-order valence-corrected chi connectivity index (χ4v) is 1.98. The summed E-state index contributed by atoms with van der Waals surface area (Å²) in [6.45, 7) is 1.95. The number of aromatic nitrogens is 1. The Labute approximate surface area is 85.7 Å². The Hall–Kier alpha value is -1.97. The summed E-state index contributed by atoms with van der Waals surface area (Å²) in [4.78, 5) is 14.5. The van der Waals surface area contributed by atoms with E-state index in [0.29, 0.717) is 5.69 Å². The smallest absolute Gasteiger partial charge is 0.276 e. The molecule has 1 aliphatic heterocycles. The van der Waals surface area contributed by atoms with Gasteiger partial charge in [-0.25, -0.2) is 0 Å². The molecule has 3 rings (SSSR count). The lowest BCUT2D eigenvalue weighted by Crippen LogP contribution is -2.07. The van der Waals surface area contributed by atoms with Crippen LogP contribution in [0, 0.1) is 0 Å².